The van der Waals surface area contributed by atoms with Crippen LogP contribution in [0.3, 0.4) is 0 Å². The van der Waals surface area contributed by atoms with Gasteiger partial charge >= 0.3 is 0 Å². The number of nitrogens with one attached hydrogen (secondary N) is 1. The summed E-state index contributed by atoms with van der Waals surface area (Å²) in [7, 11) is -1.36. The molecule has 1 aromatic rings. The first kappa shape index (κ1) is 19.0. The Hall–Kier alpha value is -1.76. The predicted octanol–water partition coefficient (Wildman–Crippen LogP) is 2.98. The molecular weight excluding hydrogens is 348 g/mol. The summed E-state index contributed by atoms with van der Waals surface area (Å²) >= 11 is 0. The zero-order valence-electron chi connectivity index (χ0n) is 16.3. The van der Waals surface area contributed by atoms with E-state index in [1.54, 1.807) is 0 Å². The fourth-order valence-electron chi connectivity index (χ4n) is 3.38. The average Bonchev–Trinajstić information content (AvgIpc) is 3.17. The second kappa shape index (κ2) is 7.10. The van der Waals surface area contributed by atoms with Crippen molar-refractivity contribution in [3.8, 4) is 0 Å². The summed E-state index contributed by atoms with van der Waals surface area (Å²) in [4.78, 5) is 19.4. The third kappa shape index (κ3) is 3.54. The molecule has 1 aromatic heterocycles. The van der Waals surface area contributed by atoms with Crippen LogP contribution in [0.5, 0.6) is 0 Å². The van der Waals surface area contributed by atoms with Crippen molar-refractivity contribution >= 4 is 28.4 Å². The fraction of sp³-hybridized carbons (Fsp3) is 0.632. The molecule has 0 bridgehead atoms. The minimum absolute atomic E-state index is 0.0656. The van der Waals surface area contributed by atoms with Gasteiger partial charge in [0.25, 0.3) is 5.91 Å². The van der Waals surface area contributed by atoms with E-state index < -0.39 is 15.7 Å². The summed E-state index contributed by atoms with van der Waals surface area (Å²) in [5.41, 5.74) is 2.97. The maximum Gasteiger partial charge on any atom is 0.252 e. The van der Waals surface area contributed by atoms with Gasteiger partial charge in [-0.3, -0.25) is 4.79 Å². The summed E-state index contributed by atoms with van der Waals surface area (Å²) in [6.45, 7) is 11.3. The van der Waals surface area contributed by atoms with Gasteiger partial charge in [0.2, 0.25) is 0 Å². The summed E-state index contributed by atoms with van der Waals surface area (Å²) in [5.74, 6) is 0.757. The molecule has 2 atom stereocenters. The largest absolute Gasteiger partial charge is 0.354 e. The number of hydrogen-bond donors (Lipinski definition) is 1. The Kier molecular flexibility index (Phi) is 5.19. The number of rotatable bonds is 4. The fourth-order valence-corrected chi connectivity index (χ4v) is 4.06. The topological polar surface area (TPSA) is 74.7 Å². The molecule has 0 unspecified atom stereocenters. The molecule has 1 fully saturated rings. The molecule has 1 saturated heterocycles. The second-order valence-electron chi connectivity index (χ2n) is 7.98. The van der Waals surface area contributed by atoms with Gasteiger partial charge in [-0.25, -0.2) is 9.19 Å². The maximum atomic E-state index is 12.6. The molecule has 1 N–H and O–H groups in total. The van der Waals surface area contributed by atoms with E-state index in [4.69, 9.17) is 4.98 Å². The number of hydrogen-bond acceptors (Lipinski definition) is 4. The summed E-state index contributed by atoms with van der Waals surface area (Å²) < 4.78 is 16.6. The Morgan fingerprint density at radius 2 is 2.19 bits per heavy atom. The zero-order chi connectivity index (χ0) is 19.1. The van der Waals surface area contributed by atoms with Crippen LogP contribution < -0.4 is 10.2 Å². The highest BCUT2D eigenvalue weighted by Gasteiger charge is 2.30. The highest BCUT2D eigenvalue weighted by molar-refractivity contribution is 7.85. The number of carbonyl (C=O) groups is 1. The van der Waals surface area contributed by atoms with Crippen molar-refractivity contribution in [2.24, 2.45) is 4.40 Å². The number of fused-ring (bicyclic) bond motifs is 1. The van der Waals surface area contributed by atoms with E-state index in [1.807, 2.05) is 33.8 Å². The first-order chi connectivity index (χ1) is 12.2. The SMILES string of the molecule is CC/C(=N\[S@@](=O)C(C)(C)C)c1nc(N2CCC[C@H]2C)cc2c1CNC2=O. The Balaban J connectivity index is 2.12. The third-order valence-electron chi connectivity index (χ3n) is 4.95. The molecule has 142 valence electrons. The first-order valence-electron chi connectivity index (χ1n) is 9.31. The van der Waals surface area contributed by atoms with Gasteiger partial charge in [-0.2, -0.15) is 4.40 Å². The molecule has 1 amide bonds. The zero-order valence-corrected chi connectivity index (χ0v) is 17.1. The van der Waals surface area contributed by atoms with Gasteiger partial charge in [0.15, 0.2) is 0 Å². The van der Waals surface area contributed by atoms with Crippen molar-refractivity contribution in [1.29, 1.82) is 0 Å². The third-order valence-corrected chi connectivity index (χ3v) is 6.39. The van der Waals surface area contributed by atoms with Crippen LogP contribution >= 0.6 is 0 Å². The minimum Gasteiger partial charge on any atom is -0.354 e. The van der Waals surface area contributed by atoms with Crippen LogP contribution in [0.2, 0.25) is 0 Å². The van der Waals surface area contributed by atoms with Gasteiger partial charge in [-0.1, -0.05) is 6.92 Å². The van der Waals surface area contributed by atoms with Gasteiger partial charge in [-0.15, -0.1) is 0 Å². The quantitative estimate of drug-likeness (QED) is 0.820. The highest BCUT2D eigenvalue weighted by Crippen LogP contribution is 2.30. The number of pyridine rings is 1. The lowest BCUT2D eigenvalue weighted by atomic mass is 10.0. The van der Waals surface area contributed by atoms with E-state index in [0.717, 1.165) is 36.5 Å². The van der Waals surface area contributed by atoms with Crippen molar-refractivity contribution in [2.45, 2.75) is 71.2 Å². The van der Waals surface area contributed by atoms with Gasteiger partial charge in [0.1, 0.15) is 16.8 Å². The van der Waals surface area contributed by atoms with Gasteiger partial charge < -0.3 is 10.2 Å². The molecular formula is C19H28N4O2S. The van der Waals surface area contributed by atoms with Crippen LogP contribution in [0.4, 0.5) is 5.82 Å². The molecule has 2 aliphatic rings. The van der Waals surface area contributed by atoms with E-state index in [1.165, 1.54) is 0 Å². The molecule has 2 aliphatic heterocycles. The highest BCUT2D eigenvalue weighted by atomic mass is 32.2. The van der Waals surface area contributed by atoms with Gasteiger partial charge in [-0.05, 0) is 53.0 Å². The standard InChI is InChI=1S/C19H28N4O2S/c1-6-15(22-26(25)19(3,4)5)17-14-11-20-18(24)13(14)10-16(21-17)23-9-7-8-12(23)2/h10,12H,6-9,11H2,1-5H3,(H,20,24)/b22-15+/t12-,26+/m1/s1. The Labute approximate surface area is 158 Å². The van der Waals surface area contributed by atoms with Crippen molar-refractivity contribution in [3.63, 3.8) is 0 Å². The molecule has 0 aromatic carbocycles. The Bertz CT molecular complexity index is 782. The summed E-state index contributed by atoms with van der Waals surface area (Å²) in [6, 6.07) is 2.31. The van der Waals surface area contributed by atoms with E-state index in [9.17, 15) is 9.00 Å². The van der Waals surface area contributed by atoms with Crippen LogP contribution in [0.25, 0.3) is 0 Å². The number of amides is 1. The summed E-state index contributed by atoms with van der Waals surface area (Å²) in [5, 5.41) is 2.89. The van der Waals surface area contributed by atoms with Crippen LogP contribution in [0.15, 0.2) is 10.5 Å². The van der Waals surface area contributed by atoms with Crippen molar-refractivity contribution in [3.05, 3.63) is 22.9 Å². The Morgan fingerprint density at radius 3 is 2.77 bits per heavy atom. The van der Waals surface area contributed by atoms with Crippen molar-refractivity contribution in [1.82, 2.24) is 10.3 Å². The van der Waals surface area contributed by atoms with E-state index >= 15 is 0 Å². The molecule has 0 spiro atoms. The maximum absolute atomic E-state index is 12.6. The number of nitrogens with zero attached hydrogens (tertiary/aromatic N) is 3. The van der Waals surface area contributed by atoms with Crippen LogP contribution in [0.1, 0.15) is 75.5 Å². The number of carbonyl (C=O) groups excluding carboxylic acids is 1. The molecule has 0 saturated carbocycles. The average molecular weight is 377 g/mol. The second-order valence-corrected chi connectivity index (χ2v) is 9.88. The van der Waals surface area contributed by atoms with Gasteiger partial charge in [0, 0.05) is 24.7 Å². The van der Waals surface area contributed by atoms with E-state index in [-0.39, 0.29) is 5.91 Å². The van der Waals surface area contributed by atoms with Crippen LogP contribution in [-0.2, 0) is 17.5 Å². The van der Waals surface area contributed by atoms with Gasteiger partial charge in [0.05, 0.1) is 21.7 Å². The number of aromatic nitrogens is 1. The predicted molar refractivity (Wildman–Crippen MR) is 106 cm³/mol. The normalized spacial score (nSPS) is 21.7. The van der Waals surface area contributed by atoms with Crippen molar-refractivity contribution in [2.75, 3.05) is 11.4 Å². The molecule has 0 aliphatic carbocycles. The van der Waals surface area contributed by atoms with Crippen molar-refractivity contribution < 1.29 is 9.00 Å². The Morgan fingerprint density at radius 1 is 1.46 bits per heavy atom. The lowest BCUT2D eigenvalue weighted by molar-refractivity contribution is 0.0965. The molecule has 6 nitrogen and oxygen atoms in total. The summed E-state index contributed by atoms with van der Waals surface area (Å²) in [6.07, 6.45) is 2.88. The monoisotopic (exact) mass is 376 g/mol. The molecule has 3 rings (SSSR count). The van der Waals surface area contributed by atoms with E-state index in [2.05, 4.69) is 21.5 Å². The molecule has 26 heavy (non-hydrogen) atoms. The van der Waals surface area contributed by atoms with Crippen LogP contribution in [0, 0.1) is 0 Å². The lowest BCUT2D eigenvalue weighted by Gasteiger charge is -2.24. The van der Waals surface area contributed by atoms with E-state index in [0.29, 0.717) is 30.3 Å². The minimum atomic E-state index is -1.36. The molecule has 7 heteroatoms. The smallest absolute Gasteiger partial charge is 0.252 e. The number of anilines is 1. The molecule has 3 heterocycles. The lowest BCUT2D eigenvalue weighted by Crippen LogP contribution is -2.28. The molecule has 0 radical (unpaired) electrons. The first-order valence-corrected chi connectivity index (χ1v) is 10.4. The van der Waals surface area contributed by atoms with Crippen LogP contribution in [-0.4, -0.2) is 38.1 Å².